The lowest BCUT2D eigenvalue weighted by atomic mass is 9.91. The zero-order valence-corrected chi connectivity index (χ0v) is 29.5. The number of hydrogen-bond acceptors (Lipinski definition) is 8. The minimum absolute atomic E-state index is 0.0982. The van der Waals surface area contributed by atoms with Crippen LogP contribution >= 0.6 is 0 Å². The van der Waals surface area contributed by atoms with Crippen LogP contribution in [0.3, 0.4) is 0 Å². The molecule has 0 bridgehead atoms. The Morgan fingerprint density at radius 3 is 2.58 bits per heavy atom. The van der Waals surface area contributed by atoms with E-state index < -0.39 is 38.7 Å². The molecule has 1 saturated heterocycles. The Hall–Kier alpha value is -4.25. The first-order chi connectivity index (χ1) is 24.1. The topological polar surface area (TPSA) is 132 Å². The molecule has 0 spiro atoms. The zero-order chi connectivity index (χ0) is 35.0. The molecule has 1 aromatic heterocycles. The SMILES string of the molecule is COc1ccc2c(O[C@@H]3C[C@H]4C(=O)C[C@]5(C(=O)NS(=O)(=O)C6CC6)C[C@H]5/C=C\CCCCC[C@H](C)C(=O)N4C3)cc(-c3ccccc3)nc2c1. The second-order valence-corrected chi connectivity index (χ2v) is 16.5. The van der Waals surface area contributed by atoms with Gasteiger partial charge < -0.3 is 14.4 Å². The van der Waals surface area contributed by atoms with Crippen LogP contribution in [0.25, 0.3) is 22.2 Å². The summed E-state index contributed by atoms with van der Waals surface area (Å²) in [6.07, 6.45) is 9.50. The highest BCUT2D eigenvalue weighted by molar-refractivity contribution is 7.90. The van der Waals surface area contributed by atoms with E-state index in [9.17, 15) is 22.8 Å². The fourth-order valence-corrected chi connectivity index (χ4v) is 8.96. The summed E-state index contributed by atoms with van der Waals surface area (Å²) in [4.78, 5) is 48.6. The predicted octanol–water partition coefficient (Wildman–Crippen LogP) is 5.99. The molecule has 3 heterocycles. The Morgan fingerprint density at radius 2 is 1.82 bits per heavy atom. The fourth-order valence-electron chi connectivity index (χ4n) is 7.58. The van der Waals surface area contributed by atoms with Crippen LogP contribution in [-0.4, -0.2) is 66.9 Å². The number of hydrogen-bond donors (Lipinski definition) is 1. The molecule has 2 saturated carbocycles. The van der Waals surface area contributed by atoms with E-state index in [1.807, 2.05) is 67.6 Å². The molecule has 5 atom stereocenters. The third-order valence-electron chi connectivity index (χ3n) is 10.8. The number of rotatable bonds is 7. The van der Waals surface area contributed by atoms with Crippen molar-refractivity contribution in [3.63, 3.8) is 0 Å². The van der Waals surface area contributed by atoms with Gasteiger partial charge in [0, 0.05) is 41.8 Å². The molecule has 264 valence electrons. The molecule has 2 amide bonds. The van der Waals surface area contributed by atoms with Crippen molar-refractivity contribution in [2.24, 2.45) is 17.3 Å². The number of amides is 2. The standard InChI is InChI=1S/C39H45N3O7S/c1-25-11-7-4-3-5-10-14-27-22-39(27,38(45)41-50(46,47)30-16-17-30)23-35(43)34-20-29(24-42(34)37(25)44)49-36-21-32(26-12-8-6-9-13-26)40-33-19-28(48-2)15-18-31(33)36/h6,8-10,12-15,18-19,21,25,27,29-30,34H,3-5,7,11,16-17,20,22-24H2,1-2H3,(H,41,45)/b14-10-/t25-,27+,29+,34-,39+/m0/s1. The van der Waals surface area contributed by atoms with E-state index in [1.54, 1.807) is 12.0 Å². The van der Waals surface area contributed by atoms with Gasteiger partial charge >= 0.3 is 0 Å². The van der Waals surface area contributed by atoms with Crippen LogP contribution in [0.5, 0.6) is 11.5 Å². The predicted molar refractivity (Wildman–Crippen MR) is 190 cm³/mol. The maximum Gasteiger partial charge on any atom is 0.240 e. The van der Waals surface area contributed by atoms with Gasteiger partial charge in [0.05, 0.1) is 41.6 Å². The van der Waals surface area contributed by atoms with Crippen molar-refractivity contribution in [3.05, 3.63) is 66.7 Å². The van der Waals surface area contributed by atoms with Crippen molar-refractivity contribution in [2.75, 3.05) is 13.7 Å². The molecule has 2 aromatic carbocycles. The largest absolute Gasteiger partial charge is 0.497 e. The summed E-state index contributed by atoms with van der Waals surface area (Å²) >= 11 is 0. The van der Waals surface area contributed by atoms with Crippen LogP contribution in [0.1, 0.15) is 71.1 Å². The average molecular weight is 700 g/mol. The van der Waals surface area contributed by atoms with Gasteiger partial charge in [0.1, 0.15) is 17.6 Å². The number of ketones is 1. The van der Waals surface area contributed by atoms with Crippen molar-refractivity contribution >= 4 is 38.5 Å². The molecular weight excluding hydrogens is 655 g/mol. The molecule has 11 heteroatoms. The third-order valence-corrected chi connectivity index (χ3v) is 12.7. The number of aromatic nitrogens is 1. The summed E-state index contributed by atoms with van der Waals surface area (Å²) in [5.74, 6) is -0.215. The highest BCUT2D eigenvalue weighted by Gasteiger charge is 2.61. The minimum atomic E-state index is -3.79. The van der Waals surface area contributed by atoms with Crippen LogP contribution in [0.4, 0.5) is 0 Å². The van der Waals surface area contributed by atoms with Gasteiger partial charge in [0.25, 0.3) is 0 Å². The number of nitrogens with one attached hydrogen (secondary N) is 1. The lowest BCUT2D eigenvalue weighted by molar-refractivity contribution is -0.141. The first-order valence-electron chi connectivity index (χ1n) is 17.8. The maximum absolute atomic E-state index is 14.3. The van der Waals surface area contributed by atoms with Gasteiger partial charge in [-0.2, -0.15) is 0 Å². The molecule has 3 aromatic rings. The highest BCUT2D eigenvalue weighted by Crippen LogP contribution is 2.57. The van der Waals surface area contributed by atoms with Crippen molar-refractivity contribution in [3.8, 4) is 22.8 Å². The van der Waals surface area contributed by atoms with Gasteiger partial charge in [-0.1, -0.05) is 62.2 Å². The summed E-state index contributed by atoms with van der Waals surface area (Å²) in [6, 6.07) is 16.5. The number of sulfonamides is 1. The maximum atomic E-state index is 14.3. The molecule has 1 N–H and O–H groups in total. The molecular formula is C39H45N3O7S. The van der Waals surface area contributed by atoms with Gasteiger partial charge in [-0.3, -0.25) is 19.1 Å². The molecule has 0 unspecified atom stereocenters. The van der Waals surface area contributed by atoms with Crippen LogP contribution in [-0.2, 0) is 24.4 Å². The zero-order valence-electron chi connectivity index (χ0n) is 28.7. The quantitative estimate of drug-likeness (QED) is 0.298. The Morgan fingerprint density at radius 1 is 1.02 bits per heavy atom. The lowest BCUT2D eigenvalue weighted by Crippen LogP contribution is -2.46. The van der Waals surface area contributed by atoms with Gasteiger partial charge in [0.15, 0.2) is 5.78 Å². The van der Waals surface area contributed by atoms with E-state index in [1.165, 1.54) is 0 Å². The first kappa shape index (κ1) is 34.2. The Kier molecular flexibility index (Phi) is 9.45. The van der Waals surface area contributed by atoms with E-state index in [2.05, 4.69) is 10.8 Å². The Bertz CT molecular complexity index is 1930. The van der Waals surface area contributed by atoms with Gasteiger partial charge in [-0.25, -0.2) is 13.4 Å². The lowest BCUT2D eigenvalue weighted by Gasteiger charge is -2.27. The average Bonchev–Trinajstić information content (AvgIpc) is 4.04. The number of carbonyl (C=O) groups is 3. The minimum Gasteiger partial charge on any atom is -0.497 e. The van der Waals surface area contributed by atoms with E-state index in [0.717, 1.165) is 48.7 Å². The van der Waals surface area contributed by atoms with E-state index in [4.69, 9.17) is 14.5 Å². The van der Waals surface area contributed by atoms with E-state index in [-0.39, 0.29) is 42.9 Å². The number of carbonyl (C=O) groups excluding carboxylic acids is 3. The van der Waals surface area contributed by atoms with E-state index in [0.29, 0.717) is 36.3 Å². The molecule has 4 aliphatic rings. The van der Waals surface area contributed by atoms with Crippen molar-refractivity contribution in [2.45, 2.75) is 88.5 Å². The summed E-state index contributed by atoms with van der Waals surface area (Å²) in [6.45, 7) is 2.14. The number of methoxy groups -OCH3 is 1. The number of ether oxygens (including phenoxy) is 2. The number of fused-ring (bicyclic) bond motifs is 3. The summed E-state index contributed by atoms with van der Waals surface area (Å²) in [5.41, 5.74) is 1.17. The smallest absolute Gasteiger partial charge is 0.240 e. The number of nitrogens with zero attached hydrogens (tertiary/aromatic N) is 2. The van der Waals surface area contributed by atoms with Crippen molar-refractivity contribution in [1.29, 1.82) is 0 Å². The van der Waals surface area contributed by atoms with Crippen molar-refractivity contribution in [1.82, 2.24) is 14.6 Å². The van der Waals surface area contributed by atoms with Crippen LogP contribution in [0.15, 0.2) is 66.7 Å². The normalized spacial score (nSPS) is 28.2. The Labute approximate surface area is 293 Å². The molecule has 10 nitrogen and oxygen atoms in total. The highest BCUT2D eigenvalue weighted by atomic mass is 32.2. The fraction of sp³-hybridized carbons (Fsp3) is 0.487. The summed E-state index contributed by atoms with van der Waals surface area (Å²) in [5, 5.41) is 0.227. The molecule has 3 fully saturated rings. The van der Waals surface area contributed by atoms with Crippen LogP contribution in [0, 0.1) is 17.3 Å². The van der Waals surface area contributed by atoms with Crippen molar-refractivity contribution < 1.29 is 32.3 Å². The Balaban J connectivity index is 1.19. The molecule has 7 rings (SSSR count). The second kappa shape index (κ2) is 13.8. The molecule has 0 radical (unpaired) electrons. The molecule has 50 heavy (non-hydrogen) atoms. The van der Waals surface area contributed by atoms with Gasteiger partial charge in [-0.05, 0) is 56.6 Å². The summed E-state index contributed by atoms with van der Waals surface area (Å²) in [7, 11) is -2.18. The first-order valence-corrected chi connectivity index (χ1v) is 19.4. The number of Topliss-reactive ketones (excluding diaryl/α,β-unsaturated/α-hetero) is 1. The number of benzene rings is 2. The molecule has 2 aliphatic carbocycles. The van der Waals surface area contributed by atoms with Crippen LogP contribution < -0.4 is 14.2 Å². The van der Waals surface area contributed by atoms with Gasteiger partial charge in [-0.15, -0.1) is 0 Å². The van der Waals surface area contributed by atoms with Crippen LogP contribution in [0.2, 0.25) is 0 Å². The summed E-state index contributed by atoms with van der Waals surface area (Å²) < 4.78 is 40.1. The third kappa shape index (κ3) is 7.02. The number of allylic oxidation sites excluding steroid dienone is 2. The number of pyridine rings is 1. The molecule has 2 aliphatic heterocycles. The van der Waals surface area contributed by atoms with E-state index >= 15 is 0 Å². The van der Waals surface area contributed by atoms with Gasteiger partial charge in [0.2, 0.25) is 21.8 Å². The second-order valence-electron chi connectivity index (χ2n) is 14.5. The monoisotopic (exact) mass is 699 g/mol.